The van der Waals surface area contributed by atoms with E-state index in [1.54, 1.807) is 16.7 Å². The highest BCUT2D eigenvalue weighted by Crippen LogP contribution is 2.25. The summed E-state index contributed by atoms with van der Waals surface area (Å²) in [6, 6.07) is 0. The maximum Gasteiger partial charge on any atom is 0.243 e. The van der Waals surface area contributed by atoms with E-state index in [1.165, 1.54) is 0 Å². The molecule has 2 aliphatic heterocycles. The lowest BCUT2D eigenvalue weighted by Gasteiger charge is -2.31. The number of carbonyl (C=O) groups excluding carboxylic acids is 1. The maximum atomic E-state index is 12.6. The van der Waals surface area contributed by atoms with Crippen molar-refractivity contribution < 1.29 is 9.53 Å². The van der Waals surface area contributed by atoms with Gasteiger partial charge in [-0.15, -0.1) is 10.2 Å². The molecule has 3 rings (SSSR count). The molecule has 2 aliphatic rings. The number of hydrogen-bond donors (Lipinski definition) is 0. The summed E-state index contributed by atoms with van der Waals surface area (Å²) in [4.78, 5) is 16.5. The van der Waals surface area contributed by atoms with Crippen LogP contribution in [0, 0.1) is 0 Å². The first-order chi connectivity index (χ1) is 10.3. The fourth-order valence-electron chi connectivity index (χ4n) is 2.67. The summed E-state index contributed by atoms with van der Waals surface area (Å²) in [7, 11) is 0. The largest absolute Gasteiger partial charge is 0.379 e. The highest BCUT2D eigenvalue weighted by Gasteiger charge is 2.28. The first-order valence-corrected chi connectivity index (χ1v) is 8.44. The van der Waals surface area contributed by atoms with Gasteiger partial charge in [-0.2, -0.15) is 0 Å². The molecule has 1 fully saturated rings. The molecule has 0 aliphatic carbocycles. The van der Waals surface area contributed by atoms with E-state index in [-0.39, 0.29) is 5.91 Å². The molecule has 0 saturated carbocycles. The zero-order valence-electron chi connectivity index (χ0n) is 12.3. The summed E-state index contributed by atoms with van der Waals surface area (Å²) in [5, 5.41) is 9.35. The highest BCUT2D eigenvalue weighted by atomic mass is 32.2. The van der Waals surface area contributed by atoms with Crippen LogP contribution in [-0.4, -0.2) is 70.7 Å². The number of fused-ring (bicyclic) bond motifs is 1. The minimum Gasteiger partial charge on any atom is -0.379 e. The molecular weight excluding hydrogens is 290 g/mol. The quantitative estimate of drug-likeness (QED) is 0.753. The predicted octanol–water partition coefficient (Wildman–Crippen LogP) is 0.459. The average Bonchev–Trinajstić information content (AvgIpc) is 2.92. The van der Waals surface area contributed by atoms with Gasteiger partial charge < -0.3 is 4.74 Å². The summed E-state index contributed by atoms with van der Waals surface area (Å²) in [6.07, 6.45) is 0.956. The van der Waals surface area contributed by atoms with Gasteiger partial charge in [0.05, 0.1) is 19.8 Å². The first kappa shape index (κ1) is 14.8. The lowest BCUT2D eigenvalue weighted by atomic mass is 10.3. The second-order valence-electron chi connectivity index (χ2n) is 5.15. The van der Waals surface area contributed by atoms with E-state index >= 15 is 0 Å². The molecule has 116 valence electrons. The van der Waals surface area contributed by atoms with Gasteiger partial charge in [-0.1, -0.05) is 18.7 Å². The molecule has 0 unspecified atom stereocenters. The van der Waals surface area contributed by atoms with E-state index < -0.39 is 0 Å². The summed E-state index contributed by atoms with van der Waals surface area (Å²) >= 11 is 1.67. The van der Waals surface area contributed by atoms with Gasteiger partial charge in [0.1, 0.15) is 0 Å². The predicted molar refractivity (Wildman–Crippen MR) is 80.6 cm³/mol. The number of thioether (sulfide) groups is 1. The molecule has 21 heavy (non-hydrogen) atoms. The van der Waals surface area contributed by atoms with Crippen molar-refractivity contribution in [2.24, 2.45) is 0 Å². The molecule has 1 amide bonds. The van der Waals surface area contributed by atoms with Crippen LogP contribution in [0.3, 0.4) is 0 Å². The third-order valence-electron chi connectivity index (χ3n) is 3.74. The molecule has 0 aromatic carbocycles. The smallest absolute Gasteiger partial charge is 0.243 e. The minimum absolute atomic E-state index is 0.110. The Labute approximate surface area is 128 Å². The van der Waals surface area contributed by atoms with Crippen molar-refractivity contribution >= 4 is 23.6 Å². The molecule has 8 heteroatoms. The van der Waals surface area contributed by atoms with Crippen LogP contribution in [0.1, 0.15) is 13.3 Å². The Kier molecular flexibility index (Phi) is 4.77. The fourth-order valence-corrected chi connectivity index (χ4v) is 3.36. The van der Waals surface area contributed by atoms with Crippen molar-refractivity contribution in [1.29, 1.82) is 0 Å². The molecule has 0 spiro atoms. The van der Waals surface area contributed by atoms with Gasteiger partial charge in [0.15, 0.2) is 5.16 Å². The van der Waals surface area contributed by atoms with Gasteiger partial charge in [0.25, 0.3) is 0 Å². The number of morpholine rings is 1. The van der Waals surface area contributed by atoms with Gasteiger partial charge >= 0.3 is 0 Å². The van der Waals surface area contributed by atoms with Crippen LogP contribution in [0.15, 0.2) is 5.16 Å². The van der Waals surface area contributed by atoms with E-state index in [1.807, 2.05) is 0 Å². The van der Waals surface area contributed by atoms with Gasteiger partial charge in [0, 0.05) is 26.2 Å². The van der Waals surface area contributed by atoms with E-state index in [2.05, 4.69) is 26.6 Å². The Hall–Kier alpha value is -1.12. The van der Waals surface area contributed by atoms with Crippen molar-refractivity contribution in [3.63, 3.8) is 0 Å². The van der Waals surface area contributed by atoms with Crippen LogP contribution in [0.25, 0.3) is 0 Å². The molecule has 3 heterocycles. The van der Waals surface area contributed by atoms with Crippen molar-refractivity contribution in [3.05, 3.63) is 0 Å². The van der Waals surface area contributed by atoms with Crippen molar-refractivity contribution in [2.75, 3.05) is 50.0 Å². The molecule has 0 atom stereocenters. The Balaban J connectivity index is 1.70. The van der Waals surface area contributed by atoms with E-state index in [0.29, 0.717) is 25.7 Å². The van der Waals surface area contributed by atoms with Crippen LogP contribution in [-0.2, 0) is 16.1 Å². The van der Waals surface area contributed by atoms with Crippen LogP contribution < -0.4 is 4.90 Å². The number of ether oxygens (including phenoxy) is 1. The minimum atomic E-state index is 0.110. The van der Waals surface area contributed by atoms with Gasteiger partial charge in [-0.3, -0.25) is 19.2 Å². The van der Waals surface area contributed by atoms with E-state index in [0.717, 1.165) is 43.5 Å². The molecule has 1 aromatic heterocycles. The topological polar surface area (TPSA) is 63.5 Å². The third-order valence-corrected chi connectivity index (χ3v) is 4.59. The lowest BCUT2D eigenvalue weighted by Crippen LogP contribution is -2.47. The zero-order valence-corrected chi connectivity index (χ0v) is 13.1. The number of rotatable bonds is 4. The standard InChI is InChI=1S/C13H21N5O2S/c1-2-21-13-15-14-12-17(4-3-5-18(12)13)11(19)10-16-6-8-20-9-7-16/h2-10H2,1H3. The number of carbonyl (C=O) groups is 1. The Morgan fingerprint density at radius 1 is 1.24 bits per heavy atom. The second kappa shape index (κ2) is 6.76. The monoisotopic (exact) mass is 311 g/mol. The molecular formula is C13H21N5O2S. The molecule has 0 radical (unpaired) electrons. The van der Waals surface area contributed by atoms with Crippen LogP contribution in [0.2, 0.25) is 0 Å². The zero-order chi connectivity index (χ0) is 14.7. The summed E-state index contributed by atoms with van der Waals surface area (Å²) in [5.41, 5.74) is 0. The molecule has 1 saturated heterocycles. The number of amides is 1. The van der Waals surface area contributed by atoms with Gasteiger partial charge in [-0.25, -0.2) is 0 Å². The van der Waals surface area contributed by atoms with Crippen molar-refractivity contribution in [2.45, 2.75) is 25.0 Å². The summed E-state index contributed by atoms with van der Waals surface area (Å²) in [6.45, 7) is 7.22. The number of aromatic nitrogens is 3. The fraction of sp³-hybridized carbons (Fsp3) is 0.769. The lowest BCUT2D eigenvalue weighted by molar-refractivity contribution is -0.121. The van der Waals surface area contributed by atoms with E-state index in [4.69, 9.17) is 4.74 Å². The number of anilines is 1. The second-order valence-corrected chi connectivity index (χ2v) is 6.39. The average molecular weight is 311 g/mol. The van der Waals surface area contributed by atoms with Crippen molar-refractivity contribution in [3.8, 4) is 0 Å². The molecule has 0 bridgehead atoms. The molecule has 0 N–H and O–H groups in total. The SMILES string of the molecule is CCSc1nnc2n1CCCN2C(=O)CN1CCOCC1. The van der Waals surface area contributed by atoms with Crippen molar-refractivity contribution in [1.82, 2.24) is 19.7 Å². The number of nitrogens with zero attached hydrogens (tertiary/aromatic N) is 5. The molecule has 1 aromatic rings. The molecule has 7 nitrogen and oxygen atoms in total. The summed E-state index contributed by atoms with van der Waals surface area (Å²) < 4.78 is 7.38. The van der Waals surface area contributed by atoms with Crippen LogP contribution >= 0.6 is 11.8 Å². The summed E-state index contributed by atoms with van der Waals surface area (Å²) in [5.74, 6) is 1.77. The van der Waals surface area contributed by atoms with Crippen LogP contribution in [0.5, 0.6) is 0 Å². The van der Waals surface area contributed by atoms with Crippen LogP contribution in [0.4, 0.5) is 5.95 Å². The number of hydrogen-bond acceptors (Lipinski definition) is 6. The Morgan fingerprint density at radius 3 is 2.81 bits per heavy atom. The Bertz CT molecular complexity index is 501. The van der Waals surface area contributed by atoms with Gasteiger partial charge in [-0.05, 0) is 12.2 Å². The highest BCUT2D eigenvalue weighted by molar-refractivity contribution is 7.99. The third kappa shape index (κ3) is 3.22. The maximum absolute atomic E-state index is 12.6. The normalized spacial score (nSPS) is 19.6. The Morgan fingerprint density at radius 2 is 2.05 bits per heavy atom. The first-order valence-electron chi connectivity index (χ1n) is 7.46. The van der Waals surface area contributed by atoms with E-state index in [9.17, 15) is 4.79 Å². The van der Waals surface area contributed by atoms with Gasteiger partial charge in [0.2, 0.25) is 11.9 Å².